The predicted molar refractivity (Wildman–Crippen MR) is 39.8 cm³/mol. The molecule has 0 saturated carbocycles. The molecule has 0 rings (SSSR count). The van der Waals surface area contributed by atoms with Crippen LogP contribution < -0.4 is 29.6 Å². The number of rotatable bonds is 5. The van der Waals surface area contributed by atoms with Gasteiger partial charge in [-0.2, -0.15) is 0 Å². The molecule has 0 aromatic carbocycles. The van der Waals surface area contributed by atoms with Crippen molar-refractivity contribution >= 4 is 12.1 Å². The van der Waals surface area contributed by atoms with Crippen LogP contribution in [0.4, 0.5) is 0 Å². The van der Waals surface area contributed by atoms with Crippen LogP contribution in [0.3, 0.4) is 0 Å². The Kier molecular flexibility index (Phi) is 10.7. The van der Waals surface area contributed by atoms with Crippen LogP contribution in [-0.2, 0) is 9.59 Å². The van der Waals surface area contributed by atoms with Crippen molar-refractivity contribution in [2.75, 3.05) is 0 Å². The van der Waals surface area contributed by atoms with Gasteiger partial charge < -0.3 is 4.79 Å². The SMILES string of the molecule is CCCCC(C=O)C(C)=O.[Na+]. The van der Waals surface area contributed by atoms with Crippen molar-refractivity contribution in [3.8, 4) is 0 Å². The quantitative estimate of drug-likeness (QED) is 0.285. The summed E-state index contributed by atoms with van der Waals surface area (Å²) in [6.07, 6.45) is 3.47. The second kappa shape index (κ2) is 8.44. The zero-order chi connectivity index (χ0) is 7.98. The minimum atomic E-state index is -0.347. The molecular formula is C8H14NaO2+. The maximum Gasteiger partial charge on any atom is 1.00 e. The summed E-state index contributed by atoms with van der Waals surface area (Å²) in [5.74, 6) is -0.358. The molecule has 1 unspecified atom stereocenters. The molecule has 58 valence electrons. The molecule has 0 spiro atoms. The molecule has 0 aromatic rings. The average Bonchev–Trinajstić information content (AvgIpc) is 1.89. The summed E-state index contributed by atoms with van der Waals surface area (Å²) < 4.78 is 0. The summed E-state index contributed by atoms with van der Waals surface area (Å²) in [5.41, 5.74) is 0. The number of hydrogen-bond acceptors (Lipinski definition) is 2. The molecule has 2 nitrogen and oxygen atoms in total. The van der Waals surface area contributed by atoms with Crippen LogP contribution in [0, 0.1) is 5.92 Å². The molecule has 0 bridgehead atoms. The number of aldehydes is 1. The fourth-order valence-electron chi connectivity index (χ4n) is 0.791. The van der Waals surface area contributed by atoms with Gasteiger partial charge in [0, 0.05) is 0 Å². The molecule has 1 atom stereocenters. The predicted octanol–water partition coefficient (Wildman–Crippen LogP) is -1.42. The van der Waals surface area contributed by atoms with Crippen molar-refractivity contribution in [3.05, 3.63) is 0 Å². The molecule has 0 aliphatic carbocycles. The van der Waals surface area contributed by atoms with Crippen molar-refractivity contribution < 1.29 is 39.1 Å². The summed E-state index contributed by atoms with van der Waals surface area (Å²) in [6, 6.07) is 0. The molecule has 3 heteroatoms. The van der Waals surface area contributed by atoms with E-state index in [1.165, 1.54) is 6.92 Å². The summed E-state index contributed by atoms with van der Waals surface area (Å²) in [5, 5.41) is 0. The van der Waals surface area contributed by atoms with Crippen molar-refractivity contribution in [1.82, 2.24) is 0 Å². The van der Waals surface area contributed by atoms with E-state index in [-0.39, 0.29) is 41.3 Å². The van der Waals surface area contributed by atoms with Gasteiger partial charge in [0.15, 0.2) is 0 Å². The third kappa shape index (κ3) is 6.73. The van der Waals surface area contributed by atoms with E-state index in [1.807, 2.05) is 6.92 Å². The Morgan fingerprint density at radius 2 is 2.09 bits per heavy atom. The molecule has 0 heterocycles. The van der Waals surface area contributed by atoms with E-state index < -0.39 is 0 Å². The molecule has 0 fully saturated rings. The van der Waals surface area contributed by atoms with E-state index in [2.05, 4.69) is 0 Å². The van der Waals surface area contributed by atoms with Crippen LogP contribution in [0.15, 0.2) is 0 Å². The molecule has 0 aromatic heterocycles. The van der Waals surface area contributed by atoms with Gasteiger partial charge in [-0.3, -0.25) is 4.79 Å². The fourth-order valence-corrected chi connectivity index (χ4v) is 0.791. The normalized spacial score (nSPS) is 11.5. The Hall–Kier alpha value is 0.340. The molecule has 0 saturated heterocycles. The minimum absolute atomic E-state index is 0. The van der Waals surface area contributed by atoms with Crippen LogP contribution in [0.1, 0.15) is 33.1 Å². The Labute approximate surface area is 90.0 Å². The summed E-state index contributed by atoms with van der Waals surface area (Å²) in [7, 11) is 0. The molecule has 0 N–H and O–H groups in total. The first-order chi connectivity index (χ1) is 4.72. The van der Waals surface area contributed by atoms with Crippen LogP contribution in [0.2, 0.25) is 0 Å². The largest absolute Gasteiger partial charge is 1.00 e. The number of hydrogen-bond donors (Lipinski definition) is 0. The van der Waals surface area contributed by atoms with Crippen LogP contribution in [0.25, 0.3) is 0 Å². The molecule has 0 amide bonds. The summed E-state index contributed by atoms with van der Waals surface area (Å²) in [6.45, 7) is 3.51. The number of Topliss-reactive ketones (excluding diaryl/α,β-unsaturated/α-hetero) is 1. The number of unbranched alkanes of at least 4 members (excludes halogenated alkanes) is 1. The minimum Gasteiger partial charge on any atom is -0.303 e. The molecule has 0 radical (unpaired) electrons. The van der Waals surface area contributed by atoms with Gasteiger partial charge in [-0.1, -0.05) is 19.8 Å². The number of carbonyl (C=O) groups excluding carboxylic acids is 2. The average molecular weight is 165 g/mol. The second-order valence-corrected chi connectivity index (χ2v) is 2.50. The maximum absolute atomic E-state index is 10.6. The van der Waals surface area contributed by atoms with Crippen molar-refractivity contribution in [2.45, 2.75) is 33.1 Å². The first kappa shape index (κ1) is 13.9. The van der Waals surface area contributed by atoms with Crippen molar-refractivity contribution in [2.24, 2.45) is 5.92 Å². The fraction of sp³-hybridized carbons (Fsp3) is 0.750. The molecule has 11 heavy (non-hydrogen) atoms. The second-order valence-electron chi connectivity index (χ2n) is 2.50. The topological polar surface area (TPSA) is 34.1 Å². The molecule has 0 aliphatic rings. The van der Waals surface area contributed by atoms with Gasteiger partial charge in [-0.25, -0.2) is 0 Å². The van der Waals surface area contributed by atoms with Gasteiger partial charge in [0.05, 0.1) is 5.92 Å². The third-order valence-corrected chi connectivity index (χ3v) is 1.56. The van der Waals surface area contributed by atoms with E-state index in [9.17, 15) is 9.59 Å². The van der Waals surface area contributed by atoms with Gasteiger partial charge in [0.2, 0.25) is 0 Å². The van der Waals surface area contributed by atoms with Crippen molar-refractivity contribution in [3.63, 3.8) is 0 Å². The Morgan fingerprint density at radius 3 is 2.36 bits per heavy atom. The third-order valence-electron chi connectivity index (χ3n) is 1.56. The van der Waals surface area contributed by atoms with E-state index in [1.54, 1.807) is 0 Å². The van der Waals surface area contributed by atoms with E-state index in [0.717, 1.165) is 25.5 Å². The summed E-state index contributed by atoms with van der Waals surface area (Å²) >= 11 is 0. The van der Waals surface area contributed by atoms with Gasteiger partial charge in [0.1, 0.15) is 12.1 Å². The van der Waals surface area contributed by atoms with Crippen LogP contribution in [-0.4, -0.2) is 12.1 Å². The standard InChI is InChI=1S/C8H14O2.Na/c1-3-4-5-8(6-9)7(2)10;/h6,8H,3-5H2,1-2H3;/q;+1. The zero-order valence-electron chi connectivity index (χ0n) is 7.59. The van der Waals surface area contributed by atoms with Gasteiger partial charge in [0.25, 0.3) is 0 Å². The molecule has 0 aliphatic heterocycles. The van der Waals surface area contributed by atoms with Crippen molar-refractivity contribution in [1.29, 1.82) is 0 Å². The summed E-state index contributed by atoms with van der Waals surface area (Å²) in [4.78, 5) is 20.9. The van der Waals surface area contributed by atoms with E-state index >= 15 is 0 Å². The Balaban J connectivity index is 0. The van der Waals surface area contributed by atoms with E-state index in [4.69, 9.17) is 0 Å². The number of ketones is 1. The first-order valence-electron chi connectivity index (χ1n) is 3.68. The van der Waals surface area contributed by atoms with Crippen LogP contribution in [0.5, 0.6) is 0 Å². The van der Waals surface area contributed by atoms with Crippen LogP contribution >= 0.6 is 0 Å². The zero-order valence-corrected chi connectivity index (χ0v) is 9.59. The van der Waals surface area contributed by atoms with E-state index in [0.29, 0.717) is 0 Å². The van der Waals surface area contributed by atoms with Gasteiger partial charge in [-0.05, 0) is 13.3 Å². The maximum atomic E-state index is 10.6. The molecular weight excluding hydrogens is 151 g/mol. The Morgan fingerprint density at radius 1 is 1.55 bits per heavy atom. The Bertz CT molecular complexity index is 123. The number of carbonyl (C=O) groups is 2. The van der Waals surface area contributed by atoms with Gasteiger partial charge in [-0.15, -0.1) is 0 Å². The smallest absolute Gasteiger partial charge is 0.303 e. The first-order valence-corrected chi connectivity index (χ1v) is 3.68. The monoisotopic (exact) mass is 165 g/mol. The van der Waals surface area contributed by atoms with Gasteiger partial charge >= 0.3 is 29.6 Å².